The molecule has 0 aliphatic carbocycles. The first kappa shape index (κ1) is 14.1. The number of aromatic nitrogens is 1. The number of rotatable bonds is 3. The van der Waals surface area contributed by atoms with Crippen LogP contribution in [0.4, 0.5) is 11.4 Å². The summed E-state index contributed by atoms with van der Waals surface area (Å²) in [6.45, 7) is 0.815. The van der Waals surface area contributed by atoms with Gasteiger partial charge in [0.25, 0.3) is 0 Å². The fourth-order valence-electron chi connectivity index (χ4n) is 3.03. The van der Waals surface area contributed by atoms with E-state index in [9.17, 15) is 0 Å². The fraction of sp³-hybridized carbons (Fsp3) is 0.278. The molecule has 0 amide bonds. The summed E-state index contributed by atoms with van der Waals surface area (Å²) in [6, 6.07) is 13.6. The lowest BCUT2D eigenvalue weighted by molar-refractivity contribution is 0.112. The minimum Gasteiger partial charge on any atom is -0.436 e. The van der Waals surface area contributed by atoms with Gasteiger partial charge in [-0.3, -0.25) is 0 Å². The first-order chi connectivity index (χ1) is 11.2. The van der Waals surface area contributed by atoms with Crippen LogP contribution in [-0.4, -0.2) is 24.9 Å². The van der Waals surface area contributed by atoms with Gasteiger partial charge in [0, 0.05) is 19.2 Å². The molecule has 2 N–H and O–H groups in total. The van der Waals surface area contributed by atoms with Crippen molar-refractivity contribution in [2.45, 2.75) is 19.1 Å². The van der Waals surface area contributed by atoms with Crippen molar-refractivity contribution in [3.05, 3.63) is 42.5 Å². The maximum atomic E-state index is 6.25. The van der Waals surface area contributed by atoms with E-state index in [0.29, 0.717) is 11.6 Å². The zero-order chi connectivity index (χ0) is 15.8. The van der Waals surface area contributed by atoms with Crippen LogP contribution in [0.15, 0.2) is 46.9 Å². The highest BCUT2D eigenvalue weighted by Gasteiger charge is 2.22. The van der Waals surface area contributed by atoms with E-state index in [0.717, 1.165) is 41.8 Å². The highest BCUT2D eigenvalue weighted by atomic mass is 16.5. The molecule has 23 heavy (non-hydrogen) atoms. The molecule has 1 fully saturated rings. The highest BCUT2D eigenvalue weighted by molar-refractivity contribution is 5.79. The Morgan fingerprint density at radius 1 is 1.22 bits per heavy atom. The van der Waals surface area contributed by atoms with Gasteiger partial charge in [-0.1, -0.05) is 12.1 Å². The number of benzene rings is 2. The Labute approximate surface area is 134 Å². The monoisotopic (exact) mass is 309 g/mol. The van der Waals surface area contributed by atoms with Crippen molar-refractivity contribution < 1.29 is 9.15 Å². The molecule has 1 unspecified atom stereocenters. The van der Waals surface area contributed by atoms with Gasteiger partial charge in [-0.05, 0) is 43.2 Å². The second-order valence-corrected chi connectivity index (χ2v) is 5.84. The molecule has 2 heterocycles. The number of oxazole rings is 1. The van der Waals surface area contributed by atoms with Gasteiger partial charge in [0.15, 0.2) is 5.58 Å². The van der Waals surface area contributed by atoms with Crippen molar-refractivity contribution in [2.24, 2.45) is 0 Å². The Morgan fingerprint density at radius 2 is 2.09 bits per heavy atom. The van der Waals surface area contributed by atoms with Gasteiger partial charge in [0.2, 0.25) is 5.89 Å². The van der Waals surface area contributed by atoms with Gasteiger partial charge in [0.05, 0.1) is 11.4 Å². The van der Waals surface area contributed by atoms with Crippen LogP contribution >= 0.6 is 0 Å². The van der Waals surface area contributed by atoms with Gasteiger partial charge in [-0.25, -0.2) is 4.98 Å². The molecule has 0 spiro atoms. The number of hydrogen-bond donors (Lipinski definition) is 1. The first-order valence-corrected chi connectivity index (χ1v) is 7.82. The predicted octanol–water partition coefficient (Wildman–Crippen LogP) is 3.65. The Balaban J connectivity index is 1.67. The first-order valence-electron chi connectivity index (χ1n) is 7.82. The summed E-state index contributed by atoms with van der Waals surface area (Å²) in [5.41, 5.74) is 10.4. The third kappa shape index (κ3) is 2.53. The molecular formula is C18H19N3O2. The molecule has 5 heteroatoms. The quantitative estimate of drug-likeness (QED) is 0.748. The molecule has 2 aromatic carbocycles. The van der Waals surface area contributed by atoms with Crippen LogP contribution in [0.2, 0.25) is 0 Å². The SMILES string of the molecule is CN(c1ccc(-c2nc3ccccc3o2)cc1N)C1CCCO1. The lowest BCUT2D eigenvalue weighted by Crippen LogP contribution is -2.31. The van der Waals surface area contributed by atoms with E-state index in [2.05, 4.69) is 9.88 Å². The summed E-state index contributed by atoms with van der Waals surface area (Å²) in [6.07, 6.45) is 2.23. The van der Waals surface area contributed by atoms with Crippen molar-refractivity contribution in [2.75, 3.05) is 24.3 Å². The minimum absolute atomic E-state index is 0.104. The average molecular weight is 309 g/mol. The summed E-state index contributed by atoms with van der Waals surface area (Å²) in [4.78, 5) is 6.61. The van der Waals surface area contributed by atoms with E-state index in [1.807, 2.05) is 49.5 Å². The van der Waals surface area contributed by atoms with Crippen molar-refractivity contribution in [1.82, 2.24) is 4.98 Å². The van der Waals surface area contributed by atoms with Gasteiger partial charge < -0.3 is 19.8 Å². The summed E-state index contributed by atoms with van der Waals surface area (Å²) in [5.74, 6) is 0.587. The molecule has 118 valence electrons. The molecule has 0 saturated carbocycles. The average Bonchev–Trinajstić information content (AvgIpc) is 3.23. The molecule has 0 bridgehead atoms. The summed E-state index contributed by atoms with van der Waals surface area (Å²) in [7, 11) is 2.01. The summed E-state index contributed by atoms with van der Waals surface area (Å²) in [5, 5.41) is 0. The van der Waals surface area contributed by atoms with Crippen molar-refractivity contribution >= 4 is 22.5 Å². The lowest BCUT2D eigenvalue weighted by atomic mass is 10.1. The van der Waals surface area contributed by atoms with Gasteiger partial charge in [-0.2, -0.15) is 0 Å². The van der Waals surface area contributed by atoms with Crippen LogP contribution in [0.1, 0.15) is 12.8 Å². The Kier molecular flexibility index (Phi) is 3.42. The van der Waals surface area contributed by atoms with Crippen LogP contribution in [0.5, 0.6) is 0 Å². The Bertz CT molecular complexity index is 804. The topological polar surface area (TPSA) is 64.5 Å². The minimum atomic E-state index is 0.104. The molecule has 1 aliphatic rings. The Morgan fingerprint density at radius 3 is 2.83 bits per heavy atom. The van der Waals surface area contributed by atoms with Crippen LogP contribution < -0.4 is 10.6 Å². The van der Waals surface area contributed by atoms with Crippen LogP contribution in [0, 0.1) is 0 Å². The number of anilines is 2. The number of nitrogen functional groups attached to an aromatic ring is 1. The maximum absolute atomic E-state index is 6.25. The molecule has 1 saturated heterocycles. The number of para-hydroxylation sites is 2. The second-order valence-electron chi connectivity index (χ2n) is 5.84. The second kappa shape index (κ2) is 5.59. The van der Waals surface area contributed by atoms with E-state index in [1.54, 1.807) is 0 Å². The van der Waals surface area contributed by atoms with Gasteiger partial charge >= 0.3 is 0 Å². The number of nitrogens with two attached hydrogens (primary N) is 1. The van der Waals surface area contributed by atoms with Crippen LogP contribution in [-0.2, 0) is 4.74 Å². The van der Waals surface area contributed by atoms with Crippen LogP contribution in [0.25, 0.3) is 22.6 Å². The lowest BCUT2D eigenvalue weighted by Gasteiger charge is -2.27. The molecule has 1 aromatic heterocycles. The molecular weight excluding hydrogens is 290 g/mol. The normalized spacial score (nSPS) is 17.7. The van der Waals surface area contributed by atoms with E-state index >= 15 is 0 Å². The summed E-state index contributed by atoms with van der Waals surface area (Å²) < 4.78 is 11.5. The molecule has 5 nitrogen and oxygen atoms in total. The number of hydrogen-bond acceptors (Lipinski definition) is 5. The largest absolute Gasteiger partial charge is 0.436 e. The zero-order valence-electron chi connectivity index (χ0n) is 13.0. The van der Waals surface area contributed by atoms with E-state index in [1.165, 1.54) is 0 Å². The van der Waals surface area contributed by atoms with E-state index in [4.69, 9.17) is 14.9 Å². The third-order valence-corrected chi connectivity index (χ3v) is 4.29. The highest BCUT2D eigenvalue weighted by Crippen LogP contribution is 2.32. The molecule has 3 aromatic rings. The zero-order valence-corrected chi connectivity index (χ0v) is 13.0. The Hall–Kier alpha value is -2.53. The van der Waals surface area contributed by atoms with Gasteiger partial charge in [-0.15, -0.1) is 0 Å². The number of ether oxygens (including phenoxy) is 1. The standard InChI is InChI=1S/C18H19N3O2/c1-21(17-7-4-10-22-17)15-9-8-12(11-13(15)19)18-20-14-5-2-3-6-16(14)23-18/h2-3,5-6,8-9,11,17H,4,7,10,19H2,1H3. The van der Waals surface area contributed by atoms with Crippen LogP contribution in [0.3, 0.4) is 0 Å². The molecule has 1 atom stereocenters. The van der Waals surface area contributed by atoms with E-state index < -0.39 is 0 Å². The van der Waals surface area contributed by atoms with Crippen molar-refractivity contribution in [3.8, 4) is 11.5 Å². The third-order valence-electron chi connectivity index (χ3n) is 4.29. The van der Waals surface area contributed by atoms with Crippen molar-refractivity contribution in [3.63, 3.8) is 0 Å². The summed E-state index contributed by atoms with van der Waals surface area (Å²) >= 11 is 0. The smallest absolute Gasteiger partial charge is 0.227 e. The fourth-order valence-corrected chi connectivity index (χ4v) is 3.03. The molecule has 0 radical (unpaired) electrons. The molecule has 1 aliphatic heterocycles. The van der Waals surface area contributed by atoms with Crippen molar-refractivity contribution in [1.29, 1.82) is 0 Å². The van der Waals surface area contributed by atoms with Gasteiger partial charge in [0.1, 0.15) is 11.7 Å². The molecule has 4 rings (SSSR count). The number of nitrogens with zero attached hydrogens (tertiary/aromatic N) is 2. The predicted molar refractivity (Wildman–Crippen MR) is 91.2 cm³/mol. The maximum Gasteiger partial charge on any atom is 0.227 e. The van der Waals surface area contributed by atoms with E-state index in [-0.39, 0.29) is 6.23 Å². The number of fused-ring (bicyclic) bond motifs is 1.